The Hall–Kier alpha value is -1.29. The number of nitrogens with zero attached hydrogens (tertiary/aromatic N) is 1. The van der Waals surface area contributed by atoms with E-state index in [1.807, 2.05) is 0 Å². The topological polar surface area (TPSA) is 20.3 Å². The van der Waals surface area contributed by atoms with Crippen LogP contribution in [0.5, 0.6) is 0 Å². The summed E-state index contributed by atoms with van der Waals surface area (Å²) in [7, 11) is 3.55. The first kappa shape index (κ1) is 11.8. The van der Waals surface area contributed by atoms with Crippen LogP contribution in [0, 0.1) is 11.6 Å². The Morgan fingerprint density at radius 1 is 1.33 bits per heavy atom. The van der Waals surface area contributed by atoms with Gasteiger partial charge in [-0.15, -0.1) is 0 Å². The highest BCUT2D eigenvalue weighted by atomic mass is 19.1. The first-order chi connectivity index (χ1) is 6.93. The number of Topliss-reactive ketones (excluding diaryl/α,β-unsaturated/α-hetero) is 1. The van der Waals surface area contributed by atoms with Gasteiger partial charge in [0.25, 0.3) is 0 Å². The summed E-state index contributed by atoms with van der Waals surface area (Å²) < 4.78 is 26.8. The third-order valence-electron chi connectivity index (χ3n) is 2.01. The molecule has 1 aromatic carbocycles. The third-order valence-corrected chi connectivity index (χ3v) is 2.01. The van der Waals surface area contributed by atoms with Crippen molar-refractivity contribution < 1.29 is 13.6 Å². The smallest absolute Gasteiger partial charge is 0.165 e. The summed E-state index contributed by atoms with van der Waals surface area (Å²) in [5.74, 6) is -2.15. The van der Waals surface area contributed by atoms with Crippen LogP contribution >= 0.6 is 0 Å². The van der Waals surface area contributed by atoms with Crippen LogP contribution in [-0.2, 0) is 6.54 Å². The van der Waals surface area contributed by atoms with Gasteiger partial charge in [0, 0.05) is 12.1 Å². The molecule has 0 aliphatic carbocycles. The van der Waals surface area contributed by atoms with E-state index >= 15 is 0 Å². The lowest BCUT2D eigenvalue weighted by Crippen LogP contribution is -2.14. The summed E-state index contributed by atoms with van der Waals surface area (Å²) in [5, 5.41) is 0. The molecular weight excluding hydrogens is 200 g/mol. The van der Waals surface area contributed by atoms with E-state index < -0.39 is 23.0 Å². The molecule has 0 radical (unpaired) electrons. The van der Waals surface area contributed by atoms with E-state index in [0.29, 0.717) is 12.1 Å². The van der Waals surface area contributed by atoms with Gasteiger partial charge in [-0.1, -0.05) is 6.07 Å². The van der Waals surface area contributed by atoms with Crippen molar-refractivity contribution in [3.63, 3.8) is 0 Å². The van der Waals surface area contributed by atoms with Gasteiger partial charge in [0.05, 0.1) is 5.56 Å². The number of halogens is 2. The zero-order valence-corrected chi connectivity index (χ0v) is 8.97. The second-order valence-corrected chi connectivity index (χ2v) is 3.69. The molecule has 0 fully saturated rings. The van der Waals surface area contributed by atoms with Gasteiger partial charge in [0.1, 0.15) is 11.6 Å². The van der Waals surface area contributed by atoms with Gasteiger partial charge in [-0.05, 0) is 27.1 Å². The minimum Gasteiger partial charge on any atom is -0.305 e. The van der Waals surface area contributed by atoms with Crippen molar-refractivity contribution in [2.24, 2.45) is 0 Å². The molecule has 2 nitrogen and oxygen atoms in total. The third kappa shape index (κ3) is 2.59. The Labute approximate surface area is 87.5 Å². The second-order valence-electron chi connectivity index (χ2n) is 3.69. The van der Waals surface area contributed by atoms with E-state index in [1.54, 1.807) is 19.0 Å². The molecule has 0 unspecified atom stereocenters. The fraction of sp³-hybridized carbons (Fsp3) is 0.364. The van der Waals surface area contributed by atoms with Crippen LogP contribution in [-0.4, -0.2) is 24.8 Å². The predicted octanol–water partition coefficient (Wildman–Crippen LogP) is 2.23. The molecule has 0 aromatic heterocycles. The Balaban J connectivity index is 3.22. The van der Waals surface area contributed by atoms with Crippen molar-refractivity contribution in [1.82, 2.24) is 4.90 Å². The van der Waals surface area contributed by atoms with Gasteiger partial charge >= 0.3 is 0 Å². The van der Waals surface area contributed by atoms with Gasteiger partial charge in [-0.3, -0.25) is 4.79 Å². The van der Waals surface area contributed by atoms with Crippen LogP contribution in [0.4, 0.5) is 8.78 Å². The number of ketones is 1. The number of carbonyl (C=O) groups excluding carboxylic acids is 1. The summed E-state index contributed by atoms with van der Waals surface area (Å²) in [6, 6.07) is 2.48. The Morgan fingerprint density at radius 3 is 2.40 bits per heavy atom. The molecule has 1 aromatic rings. The average Bonchev–Trinajstić information content (AvgIpc) is 2.09. The highest BCUT2D eigenvalue weighted by molar-refractivity contribution is 5.94. The van der Waals surface area contributed by atoms with Crippen LogP contribution in [0.25, 0.3) is 0 Å². The molecule has 0 bridgehead atoms. The maximum absolute atomic E-state index is 13.7. The molecule has 0 spiro atoms. The molecule has 0 saturated carbocycles. The normalized spacial score (nSPS) is 10.8. The SMILES string of the molecule is CC(=O)c1c(F)ccc(CN(C)C)c1F. The molecule has 0 heterocycles. The van der Waals surface area contributed by atoms with Gasteiger partial charge < -0.3 is 4.90 Å². The number of benzene rings is 1. The van der Waals surface area contributed by atoms with Gasteiger partial charge in [0.2, 0.25) is 0 Å². The minimum atomic E-state index is -0.803. The summed E-state index contributed by atoms with van der Waals surface area (Å²) >= 11 is 0. The van der Waals surface area contributed by atoms with E-state index in [-0.39, 0.29) is 0 Å². The number of carbonyl (C=O) groups is 1. The van der Waals surface area contributed by atoms with E-state index in [1.165, 1.54) is 6.07 Å². The van der Waals surface area contributed by atoms with Gasteiger partial charge in [0.15, 0.2) is 5.78 Å². The second kappa shape index (κ2) is 4.49. The molecule has 0 aliphatic rings. The quantitative estimate of drug-likeness (QED) is 0.717. The van der Waals surface area contributed by atoms with Crippen molar-refractivity contribution in [3.05, 3.63) is 34.9 Å². The van der Waals surface area contributed by atoms with E-state index in [0.717, 1.165) is 13.0 Å². The maximum Gasteiger partial charge on any atom is 0.165 e. The zero-order valence-electron chi connectivity index (χ0n) is 8.97. The fourth-order valence-electron chi connectivity index (χ4n) is 1.38. The largest absolute Gasteiger partial charge is 0.305 e. The predicted molar refractivity (Wildman–Crippen MR) is 53.8 cm³/mol. The first-order valence-corrected chi connectivity index (χ1v) is 4.56. The number of rotatable bonds is 3. The molecule has 0 aliphatic heterocycles. The molecule has 0 amide bonds. The monoisotopic (exact) mass is 213 g/mol. The number of hydrogen-bond donors (Lipinski definition) is 0. The minimum absolute atomic E-state index is 0.326. The van der Waals surface area contributed by atoms with E-state index in [2.05, 4.69) is 0 Å². The highest BCUT2D eigenvalue weighted by Crippen LogP contribution is 2.18. The summed E-state index contributed by atoms with van der Waals surface area (Å²) in [6.45, 7) is 1.49. The lowest BCUT2D eigenvalue weighted by atomic mass is 10.1. The maximum atomic E-state index is 13.7. The molecule has 0 atom stereocenters. The van der Waals surface area contributed by atoms with Gasteiger partial charge in [-0.2, -0.15) is 0 Å². The summed E-state index contributed by atoms with van der Waals surface area (Å²) in [4.78, 5) is 12.8. The molecule has 0 saturated heterocycles. The Morgan fingerprint density at radius 2 is 1.93 bits per heavy atom. The standard InChI is InChI=1S/C11H13F2NO/c1-7(15)10-9(12)5-4-8(11(10)13)6-14(2)3/h4-5H,6H2,1-3H3. The van der Waals surface area contributed by atoms with Crippen molar-refractivity contribution in [2.75, 3.05) is 14.1 Å². The zero-order chi connectivity index (χ0) is 11.6. The lowest BCUT2D eigenvalue weighted by molar-refractivity contribution is 0.100. The van der Waals surface area contributed by atoms with Crippen molar-refractivity contribution in [1.29, 1.82) is 0 Å². The van der Waals surface area contributed by atoms with Crippen molar-refractivity contribution in [2.45, 2.75) is 13.5 Å². The molecule has 82 valence electrons. The Bertz CT molecular complexity index is 388. The van der Waals surface area contributed by atoms with Crippen LogP contribution in [0.15, 0.2) is 12.1 Å². The van der Waals surface area contributed by atoms with E-state index in [9.17, 15) is 13.6 Å². The highest BCUT2D eigenvalue weighted by Gasteiger charge is 2.17. The van der Waals surface area contributed by atoms with Gasteiger partial charge in [-0.25, -0.2) is 8.78 Å². The van der Waals surface area contributed by atoms with E-state index in [4.69, 9.17) is 0 Å². The summed E-state index contributed by atoms with van der Waals surface area (Å²) in [6.07, 6.45) is 0. The van der Waals surface area contributed by atoms with Crippen molar-refractivity contribution in [3.8, 4) is 0 Å². The van der Waals surface area contributed by atoms with Crippen LogP contribution in [0.3, 0.4) is 0 Å². The lowest BCUT2D eigenvalue weighted by Gasteiger charge is -2.12. The number of hydrogen-bond acceptors (Lipinski definition) is 2. The summed E-state index contributed by atoms with van der Waals surface area (Å²) in [5.41, 5.74) is -0.124. The molecular formula is C11H13F2NO. The molecule has 4 heteroatoms. The molecule has 1 rings (SSSR count). The van der Waals surface area contributed by atoms with Crippen LogP contribution in [0.1, 0.15) is 22.8 Å². The molecule has 15 heavy (non-hydrogen) atoms. The van der Waals surface area contributed by atoms with Crippen molar-refractivity contribution >= 4 is 5.78 Å². The Kier molecular flexibility index (Phi) is 3.52. The first-order valence-electron chi connectivity index (χ1n) is 4.56. The average molecular weight is 213 g/mol. The van der Waals surface area contributed by atoms with Crippen LogP contribution < -0.4 is 0 Å². The molecule has 0 N–H and O–H groups in total. The van der Waals surface area contributed by atoms with Crippen LogP contribution in [0.2, 0.25) is 0 Å². The fourth-order valence-corrected chi connectivity index (χ4v) is 1.38.